The lowest BCUT2D eigenvalue weighted by Crippen LogP contribution is -2.32. The molecule has 0 saturated carbocycles. The average Bonchev–Trinajstić information content (AvgIpc) is 2.48. The Kier molecular flexibility index (Phi) is 5.52. The molecule has 0 saturated heterocycles. The summed E-state index contributed by atoms with van der Waals surface area (Å²) in [5, 5.41) is 2.93. The van der Waals surface area contributed by atoms with Crippen molar-refractivity contribution in [3.05, 3.63) is 60.2 Å². The molecule has 2 aromatic rings. The molecule has 110 valence electrons. The van der Waals surface area contributed by atoms with Crippen molar-refractivity contribution >= 4 is 5.91 Å². The highest BCUT2D eigenvalue weighted by Crippen LogP contribution is 2.19. The van der Waals surface area contributed by atoms with Crippen LogP contribution in [0.1, 0.15) is 5.56 Å². The van der Waals surface area contributed by atoms with E-state index in [1.165, 1.54) is 11.1 Å². The Morgan fingerprint density at radius 3 is 2.19 bits per heavy atom. The number of nitrogens with one attached hydrogen (secondary N) is 1. The molecule has 3 heteroatoms. The molecule has 0 spiro atoms. The minimum atomic E-state index is 0.0734. The summed E-state index contributed by atoms with van der Waals surface area (Å²) >= 11 is 0. The van der Waals surface area contributed by atoms with Gasteiger partial charge in [0, 0.05) is 13.1 Å². The summed E-state index contributed by atoms with van der Waals surface area (Å²) in [5.41, 5.74) is 3.41. The van der Waals surface area contributed by atoms with Gasteiger partial charge in [-0.2, -0.15) is 0 Å². The van der Waals surface area contributed by atoms with Crippen molar-refractivity contribution < 1.29 is 4.79 Å². The van der Waals surface area contributed by atoms with Crippen LogP contribution < -0.4 is 5.32 Å². The summed E-state index contributed by atoms with van der Waals surface area (Å²) in [7, 11) is 3.99. The molecule has 2 rings (SSSR count). The van der Waals surface area contributed by atoms with Crippen LogP contribution in [0.25, 0.3) is 11.1 Å². The Hall–Kier alpha value is -2.13. The van der Waals surface area contributed by atoms with Crippen LogP contribution >= 0.6 is 0 Å². The predicted octanol–water partition coefficient (Wildman–Crippen LogP) is 2.57. The zero-order valence-electron chi connectivity index (χ0n) is 12.7. The third-order valence-corrected chi connectivity index (χ3v) is 3.31. The second kappa shape index (κ2) is 7.60. The second-order valence-electron chi connectivity index (χ2n) is 5.39. The van der Waals surface area contributed by atoms with Gasteiger partial charge in [-0.25, -0.2) is 0 Å². The third-order valence-electron chi connectivity index (χ3n) is 3.31. The number of benzene rings is 2. The lowest BCUT2D eigenvalue weighted by molar-refractivity contribution is -0.120. The SMILES string of the molecule is CN(C)CCNC(=O)Cc1ccc(-c2ccccc2)cc1. The van der Waals surface area contributed by atoms with E-state index in [-0.39, 0.29) is 5.91 Å². The molecule has 1 amide bonds. The van der Waals surface area contributed by atoms with Gasteiger partial charge in [-0.3, -0.25) is 4.79 Å². The summed E-state index contributed by atoms with van der Waals surface area (Å²) in [6, 6.07) is 18.4. The Bertz CT molecular complexity index is 562. The normalized spacial score (nSPS) is 10.6. The maximum Gasteiger partial charge on any atom is 0.224 e. The highest BCUT2D eigenvalue weighted by Gasteiger charge is 2.04. The number of amides is 1. The largest absolute Gasteiger partial charge is 0.355 e. The zero-order chi connectivity index (χ0) is 15.1. The van der Waals surface area contributed by atoms with Crippen LogP contribution in [0.15, 0.2) is 54.6 Å². The molecule has 0 aromatic heterocycles. The molecule has 3 nitrogen and oxygen atoms in total. The molecule has 0 bridgehead atoms. The van der Waals surface area contributed by atoms with Crippen LogP contribution in [0.4, 0.5) is 0 Å². The van der Waals surface area contributed by atoms with E-state index >= 15 is 0 Å². The van der Waals surface area contributed by atoms with E-state index in [0.29, 0.717) is 13.0 Å². The Morgan fingerprint density at radius 1 is 0.952 bits per heavy atom. The predicted molar refractivity (Wildman–Crippen MR) is 87.1 cm³/mol. The van der Waals surface area contributed by atoms with Crippen molar-refractivity contribution in [1.29, 1.82) is 0 Å². The van der Waals surface area contributed by atoms with Gasteiger partial charge in [0.2, 0.25) is 5.91 Å². The standard InChI is InChI=1S/C18H22N2O/c1-20(2)13-12-19-18(21)14-15-8-10-17(11-9-15)16-6-4-3-5-7-16/h3-11H,12-14H2,1-2H3,(H,19,21). The Labute approximate surface area is 126 Å². The fraction of sp³-hybridized carbons (Fsp3) is 0.278. The molecule has 0 atom stereocenters. The van der Waals surface area contributed by atoms with Gasteiger partial charge >= 0.3 is 0 Å². The van der Waals surface area contributed by atoms with Crippen LogP contribution in [-0.4, -0.2) is 38.0 Å². The van der Waals surface area contributed by atoms with Gasteiger partial charge < -0.3 is 10.2 Å². The smallest absolute Gasteiger partial charge is 0.224 e. The van der Waals surface area contributed by atoms with Gasteiger partial charge in [-0.15, -0.1) is 0 Å². The molecule has 0 radical (unpaired) electrons. The zero-order valence-corrected chi connectivity index (χ0v) is 12.7. The Morgan fingerprint density at radius 2 is 1.57 bits per heavy atom. The summed E-state index contributed by atoms with van der Waals surface area (Å²) in [6.07, 6.45) is 0.433. The number of hydrogen-bond acceptors (Lipinski definition) is 2. The first-order chi connectivity index (χ1) is 10.1. The Balaban J connectivity index is 1.89. The van der Waals surface area contributed by atoms with Crippen LogP contribution in [0.5, 0.6) is 0 Å². The highest BCUT2D eigenvalue weighted by atomic mass is 16.1. The van der Waals surface area contributed by atoms with E-state index in [9.17, 15) is 4.79 Å². The van der Waals surface area contributed by atoms with Gasteiger partial charge in [-0.05, 0) is 30.8 Å². The van der Waals surface area contributed by atoms with Crippen LogP contribution in [0, 0.1) is 0 Å². The topological polar surface area (TPSA) is 32.3 Å². The first kappa shape index (κ1) is 15.3. The van der Waals surface area contributed by atoms with E-state index in [2.05, 4.69) is 34.5 Å². The van der Waals surface area contributed by atoms with E-state index in [1.54, 1.807) is 0 Å². The van der Waals surface area contributed by atoms with Crippen molar-refractivity contribution in [2.45, 2.75) is 6.42 Å². The third kappa shape index (κ3) is 5.04. The van der Waals surface area contributed by atoms with Crippen LogP contribution in [0.2, 0.25) is 0 Å². The fourth-order valence-corrected chi connectivity index (χ4v) is 2.11. The van der Waals surface area contributed by atoms with Gasteiger partial charge in [0.15, 0.2) is 0 Å². The first-order valence-corrected chi connectivity index (χ1v) is 7.21. The lowest BCUT2D eigenvalue weighted by Gasteiger charge is -2.10. The van der Waals surface area contributed by atoms with Gasteiger partial charge in [0.1, 0.15) is 0 Å². The lowest BCUT2D eigenvalue weighted by atomic mass is 10.0. The summed E-state index contributed by atoms with van der Waals surface area (Å²) in [5.74, 6) is 0.0734. The summed E-state index contributed by atoms with van der Waals surface area (Å²) in [4.78, 5) is 13.9. The molecule has 0 fully saturated rings. The minimum Gasteiger partial charge on any atom is -0.355 e. The van der Waals surface area contributed by atoms with Crippen molar-refractivity contribution in [2.24, 2.45) is 0 Å². The minimum absolute atomic E-state index is 0.0734. The molecule has 0 heterocycles. The van der Waals surface area contributed by atoms with Crippen molar-refractivity contribution in [3.8, 4) is 11.1 Å². The highest BCUT2D eigenvalue weighted by molar-refractivity contribution is 5.78. The molecule has 0 aliphatic rings. The molecule has 21 heavy (non-hydrogen) atoms. The van der Waals surface area contributed by atoms with E-state index in [4.69, 9.17) is 0 Å². The van der Waals surface area contributed by atoms with Gasteiger partial charge in [0.25, 0.3) is 0 Å². The fourth-order valence-electron chi connectivity index (χ4n) is 2.11. The van der Waals surface area contributed by atoms with Crippen LogP contribution in [0.3, 0.4) is 0 Å². The number of nitrogens with zero attached hydrogens (tertiary/aromatic N) is 1. The number of carbonyl (C=O) groups is 1. The first-order valence-electron chi connectivity index (χ1n) is 7.21. The summed E-state index contributed by atoms with van der Waals surface area (Å²) in [6.45, 7) is 1.55. The van der Waals surface area contributed by atoms with Crippen molar-refractivity contribution in [2.75, 3.05) is 27.2 Å². The molecular weight excluding hydrogens is 260 g/mol. The van der Waals surface area contributed by atoms with Crippen LogP contribution in [-0.2, 0) is 11.2 Å². The van der Waals surface area contributed by atoms with Gasteiger partial charge in [-0.1, -0.05) is 54.6 Å². The van der Waals surface area contributed by atoms with Gasteiger partial charge in [0.05, 0.1) is 6.42 Å². The molecule has 0 aliphatic heterocycles. The molecular formula is C18H22N2O. The average molecular weight is 282 g/mol. The van der Waals surface area contributed by atoms with E-state index in [1.807, 2.05) is 44.4 Å². The number of carbonyl (C=O) groups excluding carboxylic acids is 1. The number of likely N-dealkylation sites (N-methyl/N-ethyl adjacent to an activating group) is 1. The second-order valence-corrected chi connectivity index (χ2v) is 5.39. The molecule has 0 unspecified atom stereocenters. The van der Waals surface area contributed by atoms with Crippen molar-refractivity contribution in [1.82, 2.24) is 10.2 Å². The summed E-state index contributed by atoms with van der Waals surface area (Å²) < 4.78 is 0. The number of hydrogen-bond donors (Lipinski definition) is 1. The maximum absolute atomic E-state index is 11.8. The molecule has 0 aliphatic carbocycles. The van der Waals surface area contributed by atoms with E-state index in [0.717, 1.165) is 12.1 Å². The van der Waals surface area contributed by atoms with E-state index < -0.39 is 0 Å². The quantitative estimate of drug-likeness (QED) is 0.883. The monoisotopic (exact) mass is 282 g/mol. The molecule has 1 N–H and O–H groups in total. The number of rotatable bonds is 6. The van der Waals surface area contributed by atoms with Crippen molar-refractivity contribution in [3.63, 3.8) is 0 Å². The molecule has 2 aromatic carbocycles. The maximum atomic E-state index is 11.8.